The Morgan fingerprint density at radius 2 is 1.67 bits per heavy atom. The van der Waals surface area contributed by atoms with Crippen LogP contribution in [0.1, 0.15) is 10.4 Å². The summed E-state index contributed by atoms with van der Waals surface area (Å²) < 4.78 is 5.77. The predicted molar refractivity (Wildman–Crippen MR) is 105 cm³/mol. The fraction of sp³-hybridized carbons (Fsp3) is 0. The van der Waals surface area contributed by atoms with E-state index in [-0.39, 0.29) is 5.56 Å². The zero-order valence-corrected chi connectivity index (χ0v) is 15.3. The first-order valence-corrected chi connectivity index (χ1v) is 8.71. The second kappa shape index (κ2) is 6.95. The molecular formula is C20H12Cl2N2O3. The number of aromatic nitrogens is 2. The highest BCUT2D eigenvalue weighted by Crippen LogP contribution is 2.30. The van der Waals surface area contributed by atoms with E-state index >= 15 is 0 Å². The van der Waals surface area contributed by atoms with E-state index in [1.54, 1.807) is 30.3 Å². The van der Waals surface area contributed by atoms with Gasteiger partial charge in [0.05, 0.1) is 26.6 Å². The first kappa shape index (κ1) is 17.4. The second-order valence-corrected chi connectivity index (χ2v) is 6.64. The van der Waals surface area contributed by atoms with Gasteiger partial charge < -0.3 is 14.8 Å². The minimum absolute atomic E-state index is 0.211. The van der Waals surface area contributed by atoms with Gasteiger partial charge in [-0.2, -0.15) is 0 Å². The standard InChI is InChI=1S/C20H12Cl2N2O3/c21-15-7-6-14(10-16(15)22)27-13-4-1-11(2-5-13)19-23-17-8-3-12(20(25)26)9-18(17)24-19/h1-10H,(H,23,24)(H,25,26). The molecule has 0 bridgehead atoms. The zero-order chi connectivity index (χ0) is 19.0. The fourth-order valence-electron chi connectivity index (χ4n) is 2.64. The highest BCUT2D eigenvalue weighted by atomic mass is 35.5. The van der Waals surface area contributed by atoms with Crippen LogP contribution in [0.3, 0.4) is 0 Å². The van der Waals surface area contributed by atoms with E-state index in [0.717, 1.165) is 5.56 Å². The maximum atomic E-state index is 11.1. The van der Waals surface area contributed by atoms with Crippen molar-refractivity contribution in [3.63, 3.8) is 0 Å². The lowest BCUT2D eigenvalue weighted by atomic mass is 10.2. The van der Waals surface area contributed by atoms with Crippen LogP contribution in [0.25, 0.3) is 22.4 Å². The SMILES string of the molecule is O=C(O)c1ccc2nc(-c3ccc(Oc4ccc(Cl)c(Cl)c4)cc3)[nH]c2c1. The smallest absolute Gasteiger partial charge is 0.335 e. The van der Waals surface area contributed by atoms with Gasteiger partial charge in [0.15, 0.2) is 0 Å². The average molecular weight is 399 g/mol. The van der Waals surface area contributed by atoms with Crippen LogP contribution in [-0.4, -0.2) is 21.0 Å². The van der Waals surface area contributed by atoms with E-state index in [1.165, 1.54) is 6.07 Å². The van der Waals surface area contributed by atoms with Crippen LogP contribution in [0.4, 0.5) is 0 Å². The van der Waals surface area contributed by atoms with Crippen LogP contribution in [0.15, 0.2) is 60.7 Å². The third kappa shape index (κ3) is 3.60. The number of nitrogens with zero attached hydrogens (tertiary/aromatic N) is 1. The molecule has 0 aliphatic carbocycles. The number of carbonyl (C=O) groups is 1. The average Bonchev–Trinajstić information content (AvgIpc) is 3.08. The Morgan fingerprint density at radius 1 is 0.926 bits per heavy atom. The molecular weight excluding hydrogens is 387 g/mol. The second-order valence-electron chi connectivity index (χ2n) is 5.82. The molecule has 0 spiro atoms. The van der Waals surface area contributed by atoms with Crippen LogP contribution >= 0.6 is 23.2 Å². The molecule has 0 unspecified atom stereocenters. The quantitative estimate of drug-likeness (QED) is 0.440. The first-order chi connectivity index (χ1) is 13.0. The molecule has 5 nitrogen and oxygen atoms in total. The minimum atomic E-state index is -0.975. The van der Waals surface area contributed by atoms with Gasteiger partial charge in [0, 0.05) is 11.6 Å². The first-order valence-electron chi connectivity index (χ1n) is 7.96. The van der Waals surface area contributed by atoms with E-state index in [2.05, 4.69) is 9.97 Å². The van der Waals surface area contributed by atoms with E-state index in [4.69, 9.17) is 33.0 Å². The summed E-state index contributed by atoms with van der Waals surface area (Å²) in [6.07, 6.45) is 0. The Bertz CT molecular complexity index is 1150. The zero-order valence-electron chi connectivity index (χ0n) is 13.7. The van der Waals surface area contributed by atoms with Crippen LogP contribution in [0, 0.1) is 0 Å². The van der Waals surface area contributed by atoms with Crippen molar-refractivity contribution in [2.24, 2.45) is 0 Å². The monoisotopic (exact) mass is 398 g/mol. The summed E-state index contributed by atoms with van der Waals surface area (Å²) in [6.45, 7) is 0. The summed E-state index contributed by atoms with van der Waals surface area (Å²) in [6, 6.07) is 17.2. The normalized spacial score (nSPS) is 10.9. The third-order valence-electron chi connectivity index (χ3n) is 3.98. The van der Waals surface area contributed by atoms with Gasteiger partial charge in [-0.3, -0.25) is 0 Å². The summed E-state index contributed by atoms with van der Waals surface area (Å²) >= 11 is 11.9. The molecule has 1 heterocycles. The van der Waals surface area contributed by atoms with Crippen LogP contribution < -0.4 is 4.74 Å². The number of aromatic amines is 1. The summed E-state index contributed by atoms with van der Waals surface area (Å²) in [7, 11) is 0. The van der Waals surface area contributed by atoms with Crippen molar-refractivity contribution in [3.05, 3.63) is 76.3 Å². The van der Waals surface area contributed by atoms with Gasteiger partial charge >= 0.3 is 5.97 Å². The Balaban J connectivity index is 1.59. The van der Waals surface area contributed by atoms with Crippen molar-refractivity contribution in [2.45, 2.75) is 0 Å². The Kier molecular flexibility index (Phi) is 4.48. The molecule has 1 aromatic heterocycles. The number of nitrogens with one attached hydrogen (secondary N) is 1. The number of ether oxygens (including phenoxy) is 1. The van der Waals surface area contributed by atoms with Crippen molar-refractivity contribution in [1.82, 2.24) is 9.97 Å². The molecule has 0 aliphatic rings. The third-order valence-corrected chi connectivity index (χ3v) is 4.72. The molecule has 0 atom stereocenters. The number of benzene rings is 3. The summed E-state index contributed by atoms with van der Waals surface area (Å²) in [5.74, 6) is 0.897. The number of carboxylic acids is 1. The van der Waals surface area contributed by atoms with E-state index in [9.17, 15) is 4.79 Å². The predicted octanol–water partition coefficient (Wildman–Crippen LogP) is 6.03. The summed E-state index contributed by atoms with van der Waals surface area (Å²) in [5, 5.41) is 9.98. The maximum Gasteiger partial charge on any atom is 0.335 e. The number of imidazole rings is 1. The summed E-state index contributed by atoms with van der Waals surface area (Å²) in [4.78, 5) is 18.7. The molecule has 2 N–H and O–H groups in total. The molecule has 0 amide bonds. The molecule has 4 rings (SSSR count). The molecule has 4 aromatic rings. The molecule has 0 radical (unpaired) electrons. The lowest BCUT2D eigenvalue weighted by Gasteiger charge is -2.07. The van der Waals surface area contributed by atoms with Gasteiger partial charge in [-0.15, -0.1) is 0 Å². The summed E-state index contributed by atoms with van der Waals surface area (Å²) in [5.41, 5.74) is 2.43. The lowest BCUT2D eigenvalue weighted by Crippen LogP contribution is -1.94. The van der Waals surface area contributed by atoms with Gasteiger partial charge in [0.1, 0.15) is 17.3 Å². The highest BCUT2D eigenvalue weighted by Gasteiger charge is 2.09. The van der Waals surface area contributed by atoms with Gasteiger partial charge in [0.25, 0.3) is 0 Å². The highest BCUT2D eigenvalue weighted by molar-refractivity contribution is 6.42. The largest absolute Gasteiger partial charge is 0.478 e. The van der Waals surface area contributed by atoms with Crippen molar-refractivity contribution >= 4 is 40.2 Å². The van der Waals surface area contributed by atoms with E-state index in [1.807, 2.05) is 24.3 Å². The Morgan fingerprint density at radius 3 is 2.37 bits per heavy atom. The topological polar surface area (TPSA) is 75.2 Å². The lowest BCUT2D eigenvalue weighted by molar-refractivity contribution is 0.0697. The molecule has 0 aliphatic heterocycles. The van der Waals surface area contributed by atoms with Gasteiger partial charge in [-0.1, -0.05) is 23.2 Å². The Hall–Kier alpha value is -3.02. The van der Waals surface area contributed by atoms with Crippen molar-refractivity contribution in [3.8, 4) is 22.9 Å². The fourth-order valence-corrected chi connectivity index (χ4v) is 2.92. The Labute approximate surface area is 164 Å². The van der Waals surface area contributed by atoms with Crippen molar-refractivity contribution < 1.29 is 14.6 Å². The van der Waals surface area contributed by atoms with E-state index in [0.29, 0.717) is 38.4 Å². The van der Waals surface area contributed by atoms with Gasteiger partial charge in [-0.25, -0.2) is 9.78 Å². The van der Waals surface area contributed by atoms with Gasteiger partial charge in [0.2, 0.25) is 0 Å². The molecule has 0 saturated heterocycles. The maximum absolute atomic E-state index is 11.1. The number of carboxylic acid groups (broad SMARTS) is 1. The molecule has 134 valence electrons. The number of rotatable bonds is 4. The molecule has 27 heavy (non-hydrogen) atoms. The van der Waals surface area contributed by atoms with E-state index < -0.39 is 5.97 Å². The van der Waals surface area contributed by atoms with Crippen molar-refractivity contribution in [2.75, 3.05) is 0 Å². The van der Waals surface area contributed by atoms with Crippen LogP contribution in [0.5, 0.6) is 11.5 Å². The van der Waals surface area contributed by atoms with Gasteiger partial charge in [-0.05, 0) is 54.6 Å². The molecule has 7 heteroatoms. The van der Waals surface area contributed by atoms with Crippen LogP contribution in [0.2, 0.25) is 10.0 Å². The number of fused-ring (bicyclic) bond motifs is 1. The number of hydrogen-bond donors (Lipinski definition) is 2. The van der Waals surface area contributed by atoms with Crippen molar-refractivity contribution in [1.29, 1.82) is 0 Å². The number of hydrogen-bond acceptors (Lipinski definition) is 3. The number of H-pyrrole nitrogens is 1. The number of aromatic carboxylic acids is 1. The molecule has 0 fully saturated rings. The number of halogens is 2. The molecule has 3 aromatic carbocycles. The minimum Gasteiger partial charge on any atom is -0.478 e. The van der Waals surface area contributed by atoms with Crippen LogP contribution in [-0.2, 0) is 0 Å². The molecule has 0 saturated carbocycles.